The van der Waals surface area contributed by atoms with Crippen molar-refractivity contribution in [2.45, 2.75) is 90.6 Å². The average molecular weight is 578 g/mol. The van der Waals surface area contributed by atoms with Crippen molar-refractivity contribution in [3.05, 3.63) is 59.2 Å². The molecule has 1 aromatic rings. The van der Waals surface area contributed by atoms with Crippen molar-refractivity contribution in [2.75, 3.05) is 6.61 Å². The number of epoxide rings is 1. The summed E-state index contributed by atoms with van der Waals surface area (Å²) >= 11 is 0. The molecule has 3 fully saturated rings. The monoisotopic (exact) mass is 577 g/mol. The highest BCUT2D eigenvalue weighted by atomic mass is 16.6. The predicted molar refractivity (Wildman–Crippen MR) is 156 cm³/mol. The van der Waals surface area contributed by atoms with Gasteiger partial charge in [0.1, 0.15) is 5.60 Å². The Labute approximate surface area is 247 Å². The lowest BCUT2D eigenvalue weighted by molar-refractivity contribution is -0.140. The fraction of sp³-hybridized carbons (Fsp3) is 0.588. The number of ether oxygens (including phenoxy) is 2. The number of hydrogen-bond acceptors (Lipinski definition) is 7. The Balaban J connectivity index is 1.25. The molecule has 1 heterocycles. The van der Waals surface area contributed by atoms with Gasteiger partial charge in [-0.2, -0.15) is 0 Å². The molecule has 42 heavy (non-hydrogen) atoms. The number of allylic oxidation sites excluding steroid dienone is 2. The molecule has 1 aromatic carbocycles. The number of Topliss-reactive ketones (excluding diaryl/α,β-unsaturated/α-hetero) is 1. The molecule has 5 rings (SSSR count). The van der Waals surface area contributed by atoms with Gasteiger partial charge < -0.3 is 19.9 Å². The van der Waals surface area contributed by atoms with E-state index in [9.17, 15) is 24.3 Å². The summed E-state index contributed by atoms with van der Waals surface area (Å²) in [4.78, 5) is 50.8. The molecule has 0 radical (unpaired) electrons. The van der Waals surface area contributed by atoms with Crippen molar-refractivity contribution in [3.8, 4) is 0 Å². The predicted octanol–water partition coefficient (Wildman–Crippen LogP) is 4.49. The van der Waals surface area contributed by atoms with Gasteiger partial charge in [-0.3, -0.25) is 14.4 Å². The van der Waals surface area contributed by atoms with Crippen LogP contribution in [0.3, 0.4) is 0 Å². The summed E-state index contributed by atoms with van der Waals surface area (Å²) in [6.07, 6.45) is 7.79. The molecule has 3 aliphatic carbocycles. The van der Waals surface area contributed by atoms with E-state index in [1.165, 1.54) is 0 Å². The first-order chi connectivity index (χ1) is 19.8. The molecule has 8 heteroatoms. The van der Waals surface area contributed by atoms with E-state index in [2.05, 4.69) is 12.2 Å². The van der Waals surface area contributed by atoms with E-state index in [1.54, 1.807) is 36.4 Å². The Morgan fingerprint density at radius 3 is 2.64 bits per heavy atom. The van der Waals surface area contributed by atoms with Crippen molar-refractivity contribution in [1.29, 1.82) is 0 Å². The molecule has 4 aliphatic rings. The Morgan fingerprint density at radius 1 is 1.19 bits per heavy atom. The topological polar surface area (TPSA) is 122 Å². The number of nitrogens with one attached hydrogen (secondary N) is 1. The van der Waals surface area contributed by atoms with E-state index in [-0.39, 0.29) is 47.9 Å². The van der Waals surface area contributed by atoms with E-state index in [0.717, 1.165) is 12.0 Å². The standard InChI is InChI=1S/C34H43NO7/c1-6-23-15-25(36)11-12-32(23,5)34-16-24-14-21(4)30(33(24,40)17-28(34)42-34)27(37)19-41-31(39)26-10-8-7-9-22(26)18-35-29(38)13-20(2)3/h7-12,15,20-21,24,28,30,40H,6,13-14,16-19H2,1-5H3,(H,35,38)/t21-,24?,28?,30?,32?,33?,34+/m1/s1. The van der Waals surface area contributed by atoms with Crippen molar-refractivity contribution in [2.24, 2.45) is 29.1 Å². The minimum atomic E-state index is -1.24. The number of esters is 1. The minimum absolute atomic E-state index is 0.0153. The van der Waals surface area contributed by atoms with E-state index in [1.807, 2.05) is 33.8 Å². The largest absolute Gasteiger partial charge is 0.454 e. The van der Waals surface area contributed by atoms with Crippen LogP contribution in [0.2, 0.25) is 0 Å². The van der Waals surface area contributed by atoms with Crippen LogP contribution in [0, 0.1) is 29.1 Å². The normalized spacial score (nSPS) is 34.8. The lowest BCUT2D eigenvalue weighted by Gasteiger charge is -2.45. The SMILES string of the molecule is CCC1=CC(=O)C=CC1(C)[C@]12CC3C[C@@H](C)C(C(=O)COC(=O)c4ccccc4CNC(=O)CC(C)C)C3(O)CC1O2. The van der Waals surface area contributed by atoms with Gasteiger partial charge in [0.15, 0.2) is 18.2 Å². The molecule has 1 amide bonds. The number of carbonyl (C=O) groups excluding carboxylic acids is 4. The summed E-state index contributed by atoms with van der Waals surface area (Å²) in [5, 5.41) is 14.9. The molecule has 5 unspecified atom stereocenters. The number of rotatable bonds is 10. The molecule has 7 atom stereocenters. The maximum absolute atomic E-state index is 13.6. The van der Waals surface area contributed by atoms with Crippen LogP contribution in [-0.2, 0) is 30.4 Å². The van der Waals surface area contributed by atoms with Crippen LogP contribution in [0.5, 0.6) is 0 Å². The van der Waals surface area contributed by atoms with Crippen molar-refractivity contribution >= 4 is 23.4 Å². The molecule has 226 valence electrons. The van der Waals surface area contributed by atoms with Gasteiger partial charge in [-0.25, -0.2) is 4.79 Å². The summed E-state index contributed by atoms with van der Waals surface area (Å²) < 4.78 is 11.9. The van der Waals surface area contributed by atoms with Gasteiger partial charge in [0, 0.05) is 24.8 Å². The summed E-state index contributed by atoms with van der Waals surface area (Å²) in [5.74, 6) is -1.71. The number of ketones is 2. The highest BCUT2D eigenvalue weighted by molar-refractivity contribution is 6.01. The zero-order valence-electron chi connectivity index (χ0n) is 25.3. The first-order valence-electron chi connectivity index (χ1n) is 15.2. The van der Waals surface area contributed by atoms with E-state index < -0.39 is 35.1 Å². The third-order valence-electron chi connectivity index (χ3n) is 10.2. The molecule has 0 aromatic heterocycles. The van der Waals surface area contributed by atoms with Crippen molar-refractivity contribution in [3.63, 3.8) is 0 Å². The summed E-state index contributed by atoms with van der Waals surface area (Å²) in [6.45, 7) is 9.81. The number of fused-ring (bicyclic) bond motifs is 2. The lowest BCUT2D eigenvalue weighted by Crippen LogP contribution is -2.54. The quantitative estimate of drug-likeness (QED) is 0.310. The van der Waals surface area contributed by atoms with E-state index in [4.69, 9.17) is 9.47 Å². The van der Waals surface area contributed by atoms with Crippen LogP contribution in [0.1, 0.15) is 82.6 Å². The molecule has 2 saturated carbocycles. The molecular weight excluding hydrogens is 534 g/mol. The highest BCUT2D eigenvalue weighted by Crippen LogP contribution is 2.68. The van der Waals surface area contributed by atoms with Crippen LogP contribution in [-0.4, -0.2) is 52.5 Å². The second-order valence-corrected chi connectivity index (χ2v) is 13.3. The highest BCUT2D eigenvalue weighted by Gasteiger charge is 2.75. The Bertz CT molecular complexity index is 1350. The van der Waals surface area contributed by atoms with Crippen molar-refractivity contribution in [1.82, 2.24) is 5.32 Å². The number of aliphatic hydroxyl groups is 1. The maximum Gasteiger partial charge on any atom is 0.338 e. The molecule has 1 aliphatic heterocycles. The lowest BCUT2D eigenvalue weighted by atomic mass is 9.58. The number of hydrogen-bond donors (Lipinski definition) is 2. The van der Waals surface area contributed by atoms with Crippen molar-refractivity contribution < 1.29 is 33.8 Å². The number of amides is 1. The summed E-state index contributed by atoms with van der Waals surface area (Å²) in [5.41, 5.74) is -0.236. The zero-order chi connectivity index (χ0) is 30.4. The smallest absolute Gasteiger partial charge is 0.338 e. The zero-order valence-corrected chi connectivity index (χ0v) is 25.3. The maximum atomic E-state index is 13.6. The Kier molecular flexibility index (Phi) is 8.09. The van der Waals surface area contributed by atoms with Crippen LogP contribution in [0.25, 0.3) is 0 Å². The van der Waals surface area contributed by atoms with Crippen LogP contribution in [0.15, 0.2) is 48.1 Å². The van der Waals surface area contributed by atoms with Gasteiger partial charge in [-0.05, 0) is 67.7 Å². The Hall–Kier alpha value is -3.10. The van der Waals surface area contributed by atoms with Gasteiger partial charge in [0.25, 0.3) is 0 Å². The fourth-order valence-electron chi connectivity index (χ4n) is 8.05. The molecule has 0 spiro atoms. The molecular formula is C34H43NO7. The number of carbonyl (C=O) groups is 4. The second kappa shape index (κ2) is 11.2. The molecule has 0 bridgehead atoms. The van der Waals surface area contributed by atoms with E-state index in [0.29, 0.717) is 36.8 Å². The van der Waals surface area contributed by atoms with E-state index >= 15 is 0 Å². The van der Waals surface area contributed by atoms with Crippen LogP contribution < -0.4 is 5.32 Å². The molecule has 8 nitrogen and oxygen atoms in total. The third kappa shape index (κ3) is 5.17. The van der Waals surface area contributed by atoms with Gasteiger partial charge in [0.2, 0.25) is 5.91 Å². The molecule has 1 saturated heterocycles. The van der Waals surface area contributed by atoms with Crippen LogP contribution in [0.4, 0.5) is 0 Å². The summed E-state index contributed by atoms with van der Waals surface area (Å²) in [7, 11) is 0. The van der Waals surface area contributed by atoms with Gasteiger partial charge >= 0.3 is 5.97 Å². The molecule has 2 N–H and O–H groups in total. The minimum Gasteiger partial charge on any atom is -0.454 e. The van der Waals surface area contributed by atoms with Gasteiger partial charge in [-0.15, -0.1) is 0 Å². The van der Waals surface area contributed by atoms with Gasteiger partial charge in [0.05, 0.1) is 23.2 Å². The first-order valence-corrected chi connectivity index (χ1v) is 15.2. The fourth-order valence-corrected chi connectivity index (χ4v) is 8.05. The van der Waals surface area contributed by atoms with Crippen LogP contribution >= 0.6 is 0 Å². The summed E-state index contributed by atoms with van der Waals surface area (Å²) in [6, 6.07) is 6.87. The third-order valence-corrected chi connectivity index (χ3v) is 10.2. The van der Waals surface area contributed by atoms with Gasteiger partial charge in [-0.1, -0.05) is 57.5 Å². The second-order valence-electron chi connectivity index (χ2n) is 13.3. The average Bonchev–Trinajstić information content (AvgIpc) is 3.59. The first kappa shape index (κ1) is 30.4. The Morgan fingerprint density at radius 2 is 1.93 bits per heavy atom. The number of benzene rings is 1.